The lowest BCUT2D eigenvalue weighted by molar-refractivity contribution is -0.149. The van der Waals surface area contributed by atoms with Crippen molar-refractivity contribution in [2.45, 2.75) is 18.5 Å². The molecule has 6 rings (SSSR count). The third-order valence-electron chi connectivity index (χ3n) is 7.05. The SMILES string of the molecule is Cn1cc2cc(NC(=O)C(Cc3cccc(F)c3)N3CC(=O)NC(c4cc(Cl)ccc4-n4cc(Cl)nn4)C3=O)ccc2n1. The number of benzene rings is 3. The molecule has 3 amide bonds. The van der Waals surface area contributed by atoms with Crippen LogP contribution in [-0.4, -0.2) is 60.0 Å². The van der Waals surface area contributed by atoms with Crippen LogP contribution in [-0.2, 0) is 27.9 Å². The van der Waals surface area contributed by atoms with E-state index in [9.17, 15) is 18.8 Å². The molecule has 0 bridgehead atoms. The Hall–Kier alpha value is -4.81. The molecule has 14 heteroatoms. The number of fused-ring (bicyclic) bond motifs is 1. The summed E-state index contributed by atoms with van der Waals surface area (Å²) >= 11 is 12.3. The second kappa shape index (κ2) is 11.5. The fourth-order valence-electron chi connectivity index (χ4n) is 5.15. The quantitative estimate of drug-likeness (QED) is 0.285. The molecule has 1 saturated heterocycles. The van der Waals surface area contributed by atoms with Gasteiger partial charge in [0.2, 0.25) is 11.8 Å². The molecule has 218 valence electrons. The number of nitrogens with one attached hydrogen (secondary N) is 2. The van der Waals surface area contributed by atoms with E-state index in [0.29, 0.717) is 27.5 Å². The molecule has 2 N–H and O–H groups in total. The van der Waals surface area contributed by atoms with E-state index in [0.717, 1.165) is 10.9 Å². The number of piperazine rings is 1. The highest BCUT2D eigenvalue weighted by Gasteiger charge is 2.41. The van der Waals surface area contributed by atoms with Gasteiger partial charge in [0.1, 0.15) is 24.4 Å². The van der Waals surface area contributed by atoms with Gasteiger partial charge in [0, 0.05) is 41.3 Å². The topological polar surface area (TPSA) is 127 Å². The van der Waals surface area contributed by atoms with Gasteiger partial charge < -0.3 is 15.5 Å². The zero-order valence-electron chi connectivity index (χ0n) is 22.5. The van der Waals surface area contributed by atoms with E-state index in [2.05, 4.69) is 26.0 Å². The van der Waals surface area contributed by atoms with Gasteiger partial charge in [0.25, 0.3) is 5.91 Å². The van der Waals surface area contributed by atoms with E-state index in [1.54, 1.807) is 48.1 Å². The molecule has 0 radical (unpaired) electrons. The number of anilines is 1. The first-order chi connectivity index (χ1) is 20.6. The summed E-state index contributed by atoms with van der Waals surface area (Å²) in [4.78, 5) is 42.3. The summed E-state index contributed by atoms with van der Waals surface area (Å²) in [6, 6.07) is 13.3. The Morgan fingerprint density at radius 1 is 1.12 bits per heavy atom. The van der Waals surface area contributed by atoms with Crippen molar-refractivity contribution in [1.82, 2.24) is 35.0 Å². The number of amides is 3. The van der Waals surface area contributed by atoms with Crippen molar-refractivity contribution < 1.29 is 18.8 Å². The van der Waals surface area contributed by atoms with E-state index in [1.165, 1.54) is 40.0 Å². The van der Waals surface area contributed by atoms with E-state index in [4.69, 9.17) is 23.2 Å². The maximum atomic E-state index is 14.1. The van der Waals surface area contributed by atoms with Crippen molar-refractivity contribution >= 4 is 57.5 Å². The lowest BCUT2D eigenvalue weighted by atomic mass is 9.97. The molecule has 1 aliphatic heterocycles. The van der Waals surface area contributed by atoms with Crippen molar-refractivity contribution in [3.05, 3.63) is 100 Å². The highest BCUT2D eigenvalue weighted by Crippen LogP contribution is 2.30. The summed E-state index contributed by atoms with van der Waals surface area (Å²) in [5.74, 6) is -2.10. The molecular formula is C29H23Cl2FN8O3. The minimum atomic E-state index is -1.22. The van der Waals surface area contributed by atoms with E-state index >= 15 is 0 Å². The van der Waals surface area contributed by atoms with Gasteiger partial charge in [-0.05, 0) is 54.1 Å². The molecule has 3 aromatic carbocycles. The first-order valence-electron chi connectivity index (χ1n) is 13.1. The molecular weight excluding hydrogens is 598 g/mol. The van der Waals surface area contributed by atoms with Crippen LogP contribution in [0.25, 0.3) is 16.6 Å². The van der Waals surface area contributed by atoms with Crippen LogP contribution in [0.1, 0.15) is 17.2 Å². The number of nitrogens with zero attached hydrogens (tertiary/aromatic N) is 6. The number of hydrogen-bond acceptors (Lipinski definition) is 6. The van der Waals surface area contributed by atoms with Crippen LogP contribution in [0.5, 0.6) is 0 Å². The first kappa shape index (κ1) is 28.3. The van der Waals surface area contributed by atoms with Gasteiger partial charge in [0.05, 0.1) is 17.4 Å². The molecule has 2 unspecified atom stereocenters. The third kappa shape index (κ3) is 5.92. The first-order valence-corrected chi connectivity index (χ1v) is 13.9. The second-order valence-electron chi connectivity index (χ2n) is 10.1. The van der Waals surface area contributed by atoms with Gasteiger partial charge >= 0.3 is 0 Å². The summed E-state index contributed by atoms with van der Waals surface area (Å²) in [7, 11) is 1.79. The molecule has 2 atom stereocenters. The molecule has 1 fully saturated rings. The normalized spacial score (nSPS) is 15.9. The Kier molecular flexibility index (Phi) is 7.55. The Labute approximate surface area is 254 Å². The number of carbonyl (C=O) groups is 3. The third-order valence-corrected chi connectivity index (χ3v) is 7.45. The fraction of sp³-hybridized carbons (Fsp3) is 0.172. The van der Waals surface area contributed by atoms with E-state index in [1.807, 2.05) is 6.20 Å². The Balaban J connectivity index is 1.37. The van der Waals surface area contributed by atoms with Crippen molar-refractivity contribution in [2.24, 2.45) is 7.05 Å². The lowest BCUT2D eigenvalue weighted by Crippen LogP contribution is -2.60. The zero-order chi connectivity index (χ0) is 30.2. The largest absolute Gasteiger partial charge is 0.339 e. The number of carbonyl (C=O) groups excluding carboxylic acids is 3. The van der Waals surface area contributed by atoms with Gasteiger partial charge in [-0.1, -0.05) is 40.5 Å². The van der Waals surface area contributed by atoms with Gasteiger partial charge in [0.15, 0.2) is 5.15 Å². The Morgan fingerprint density at radius 3 is 2.72 bits per heavy atom. The molecule has 11 nitrogen and oxygen atoms in total. The van der Waals surface area contributed by atoms with Crippen LogP contribution in [0, 0.1) is 5.82 Å². The van der Waals surface area contributed by atoms with E-state index < -0.39 is 42.2 Å². The average Bonchev–Trinajstić information content (AvgIpc) is 3.56. The van der Waals surface area contributed by atoms with Crippen LogP contribution >= 0.6 is 23.2 Å². The zero-order valence-corrected chi connectivity index (χ0v) is 24.1. The number of aryl methyl sites for hydroxylation is 1. The summed E-state index contributed by atoms with van der Waals surface area (Å²) in [5, 5.41) is 18.9. The van der Waals surface area contributed by atoms with Crippen LogP contribution in [0.4, 0.5) is 10.1 Å². The highest BCUT2D eigenvalue weighted by molar-refractivity contribution is 6.30. The molecule has 1 aliphatic rings. The molecule has 0 saturated carbocycles. The second-order valence-corrected chi connectivity index (χ2v) is 10.9. The molecule has 0 spiro atoms. The summed E-state index contributed by atoms with van der Waals surface area (Å²) < 4.78 is 17.2. The standard InChI is InChI=1S/C29H23Cl2FN8O3/c1-38-13-17-11-20(6-7-22(17)36-38)33-28(42)24(10-16-3-2-4-19(32)9-16)39-15-26(41)34-27(29(39)43)21-12-18(30)5-8-23(21)40-14-25(31)35-37-40/h2-9,11-14,24,27H,10,15H2,1H3,(H,33,42)(H,34,41). The number of aromatic nitrogens is 5. The highest BCUT2D eigenvalue weighted by atomic mass is 35.5. The van der Waals surface area contributed by atoms with E-state index in [-0.39, 0.29) is 11.6 Å². The van der Waals surface area contributed by atoms with Crippen LogP contribution in [0.15, 0.2) is 73.1 Å². The Morgan fingerprint density at radius 2 is 1.95 bits per heavy atom. The monoisotopic (exact) mass is 620 g/mol. The number of hydrogen-bond donors (Lipinski definition) is 2. The smallest absolute Gasteiger partial charge is 0.251 e. The van der Waals surface area contributed by atoms with Crippen molar-refractivity contribution in [3.8, 4) is 5.69 Å². The molecule has 3 heterocycles. The van der Waals surface area contributed by atoms with Crippen molar-refractivity contribution in [3.63, 3.8) is 0 Å². The number of halogens is 3. The van der Waals surface area contributed by atoms with Gasteiger partial charge in [-0.25, -0.2) is 9.07 Å². The van der Waals surface area contributed by atoms with Crippen molar-refractivity contribution in [1.29, 1.82) is 0 Å². The summed E-state index contributed by atoms with van der Waals surface area (Å²) in [6.45, 7) is -0.393. The van der Waals surface area contributed by atoms with Gasteiger partial charge in [-0.3, -0.25) is 19.1 Å². The fourth-order valence-corrected chi connectivity index (χ4v) is 5.46. The maximum Gasteiger partial charge on any atom is 0.251 e. The summed E-state index contributed by atoms with van der Waals surface area (Å²) in [6.07, 6.45) is 3.20. The minimum absolute atomic E-state index is 0.0500. The molecule has 0 aliphatic carbocycles. The predicted octanol–water partition coefficient (Wildman–Crippen LogP) is 3.85. The average molecular weight is 621 g/mol. The molecule has 43 heavy (non-hydrogen) atoms. The summed E-state index contributed by atoms with van der Waals surface area (Å²) in [5.41, 5.74) is 2.41. The van der Waals surface area contributed by atoms with Crippen LogP contribution in [0.2, 0.25) is 10.2 Å². The lowest BCUT2D eigenvalue weighted by Gasteiger charge is -2.38. The van der Waals surface area contributed by atoms with Crippen molar-refractivity contribution in [2.75, 3.05) is 11.9 Å². The molecule has 2 aromatic heterocycles. The maximum absolute atomic E-state index is 14.1. The van der Waals surface area contributed by atoms with Crippen LogP contribution in [0.3, 0.4) is 0 Å². The minimum Gasteiger partial charge on any atom is -0.339 e. The molecule has 5 aromatic rings. The van der Waals surface area contributed by atoms with Gasteiger partial charge in [-0.15, -0.1) is 5.10 Å². The van der Waals surface area contributed by atoms with Crippen LogP contribution < -0.4 is 10.6 Å². The number of rotatable bonds is 7. The predicted molar refractivity (Wildman–Crippen MR) is 157 cm³/mol. The Bertz CT molecular complexity index is 1890. The van der Waals surface area contributed by atoms with Gasteiger partial charge in [-0.2, -0.15) is 5.10 Å².